The molecule has 3 rings (SSSR count). The van der Waals surface area contributed by atoms with Crippen LogP contribution in [0.4, 0.5) is 0 Å². The van der Waals surface area contributed by atoms with E-state index in [-0.39, 0.29) is 6.04 Å². The normalized spacial score (nSPS) is 41.4. The van der Waals surface area contributed by atoms with Crippen LogP contribution in [0.1, 0.15) is 0 Å². The van der Waals surface area contributed by atoms with Gasteiger partial charge in [0.2, 0.25) is 0 Å². The lowest BCUT2D eigenvalue weighted by Crippen LogP contribution is -2.47. The summed E-state index contributed by atoms with van der Waals surface area (Å²) < 4.78 is 5.73. The van der Waals surface area contributed by atoms with E-state index in [9.17, 15) is 10.2 Å². The number of hydrogen-bond acceptors (Lipinski definition) is 8. The fraction of sp³-hybridized carbons (Fsp3) is 0.538. The van der Waals surface area contributed by atoms with Gasteiger partial charge in [-0.3, -0.25) is 9.98 Å². The fourth-order valence-electron chi connectivity index (χ4n) is 3.05. The van der Waals surface area contributed by atoms with Crippen molar-refractivity contribution in [3.05, 3.63) is 34.9 Å². The zero-order valence-corrected chi connectivity index (χ0v) is 12.2. The Morgan fingerprint density at radius 2 is 2.39 bits per heavy atom. The second-order valence-electron chi connectivity index (χ2n) is 5.49. The molecule has 23 heavy (non-hydrogen) atoms. The van der Waals surface area contributed by atoms with Crippen LogP contribution in [0.2, 0.25) is 0 Å². The van der Waals surface area contributed by atoms with Crippen molar-refractivity contribution < 1.29 is 14.9 Å². The molecule has 1 saturated heterocycles. The Kier molecular flexibility index (Phi) is 3.82. The zero-order valence-electron chi connectivity index (χ0n) is 12.2. The van der Waals surface area contributed by atoms with Crippen molar-refractivity contribution in [2.45, 2.75) is 30.3 Å². The number of fused-ring (bicyclic) bond motifs is 1. The minimum Gasteiger partial charge on any atom is -0.400 e. The summed E-state index contributed by atoms with van der Waals surface area (Å²) in [6.45, 7) is 3.03. The van der Waals surface area contributed by atoms with E-state index >= 15 is 0 Å². The van der Waals surface area contributed by atoms with Gasteiger partial charge < -0.3 is 25.6 Å². The summed E-state index contributed by atoms with van der Waals surface area (Å²) in [5, 5.41) is 23.5. The van der Waals surface area contributed by atoms with E-state index in [1.54, 1.807) is 17.2 Å². The van der Waals surface area contributed by atoms with E-state index in [4.69, 9.17) is 16.0 Å². The second-order valence-corrected chi connectivity index (χ2v) is 5.49. The molecule has 0 spiro atoms. The average molecular weight is 319 g/mol. The van der Waals surface area contributed by atoms with Crippen molar-refractivity contribution in [1.82, 2.24) is 4.90 Å². The lowest BCUT2D eigenvalue weighted by molar-refractivity contribution is -0.133. The van der Waals surface area contributed by atoms with Gasteiger partial charge >= 0.3 is 0 Å². The van der Waals surface area contributed by atoms with Crippen LogP contribution >= 0.6 is 0 Å². The molecular formula is C13H17N7O3. The molecular weight excluding hydrogens is 302 g/mol. The minimum absolute atomic E-state index is 0.338. The van der Waals surface area contributed by atoms with Crippen molar-refractivity contribution in [3.8, 4) is 0 Å². The first kappa shape index (κ1) is 15.5. The summed E-state index contributed by atoms with van der Waals surface area (Å²) in [4.78, 5) is 13.0. The van der Waals surface area contributed by atoms with E-state index in [2.05, 4.69) is 26.6 Å². The highest BCUT2D eigenvalue weighted by atomic mass is 16.6. The van der Waals surface area contributed by atoms with E-state index in [0.29, 0.717) is 5.70 Å². The number of ether oxygens (including phenoxy) is 1. The first-order chi connectivity index (χ1) is 11.1. The smallest absolute Gasteiger partial charge is 0.198 e. The molecule has 0 aromatic carbocycles. The molecule has 0 aromatic heterocycles. The number of rotatable bonds is 4. The van der Waals surface area contributed by atoms with Crippen molar-refractivity contribution in [1.29, 1.82) is 0 Å². The Bertz CT molecular complexity index is 641. The van der Waals surface area contributed by atoms with E-state index in [0.717, 1.165) is 0 Å². The number of dihydropyridines is 1. The van der Waals surface area contributed by atoms with Gasteiger partial charge in [-0.05, 0) is 11.6 Å². The molecule has 3 aliphatic rings. The molecule has 3 heterocycles. The van der Waals surface area contributed by atoms with Crippen LogP contribution in [0.5, 0.6) is 0 Å². The summed E-state index contributed by atoms with van der Waals surface area (Å²) in [7, 11) is 0. The molecule has 1 fully saturated rings. The highest BCUT2D eigenvalue weighted by molar-refractivity contribution is 5.76. The maximum Gasteiger partial charge on any atom is 0.198 e. The van der Waals surface area contributed by atoms with Crippen molar-refractivity contribution in [2.24, 2.45) is 26.8 Å². The van der Waals surface area contributed by atoms with Gasteiger partial charge in [0.15, 0.2) is 11.9 Å². The topological polar surface area (TPSA) is 152 Å². The number of aliphatic imine (C=N–C) groups is 2. The molecule has 4 N–H and O–H groups in total. The van der Waals surface area contributed by atoms with Gasteiger partial charge in [-0.2, -0.15) is 0 Å². The Labute approximate surface area is 131 Å². The second kappa shape index (κ2) is 5.67. The van der Waals surface area contributed by atoms with Gasteiger partial charge in [-0.25, -0.2) is 0 Å². The molecule has 0 radical (unpaired) electrons. The van der Waals surface area contributed by atoms with Gasteiger partial charge in [0.1, 0.15) is 18.4 Å². The third-order valence-electron chi connectivity index (χ3n) is 4.28. The molecule has 0 aromatic rings. The number of nitrogens with two attached hydrogens (primary N) is 1. The van der Waals surface area contributed by atoms with Crippen LogP contribution in [-0.4, -0.2) is 64.5 Å². The van der Waals surface area contributed by atoms with Crippen LogP contribution in [-0.2, 0) is 4.74 Å². The summed E-state index contributed by atoms with van der Waals surface area (Å²) in [6, 6.07) is -0.338. The first-order valence-electron chi connectivity index (χ1n) is 7.03. The SMILES string of the molecule is C=C[C@@H]1[C@H](N2C=NC3C(N)=CC=NC32)O[C@@](CO)(N=[N+]=[N-])[C@H]1O. The number of aliphatic hydroxyl groups excluding tert-OH is 2. The third kappa shape index (κ3) is 2.20. The summed E-state index contributed by atoms with van der Waals surface area (Å²) in [5.74, 6) is -0.611. The molecule has 10 nitrogen and oxygen atoms in total. The van der Waals surface area contributed by atoms with Gasteiger partial charge in [-0.1, -0.05) is 11.2 Å². The molecule has 122 valence electrons. The minimum atomic E-state index is -1.77. The number of aliphatic hydroxyl groups is 2. The van der Waals surface area contributed by atoms with Crippen LogP contribution in [0.3, 0.4) is 0 Å². The van der Waals surface area contributed by atoms with Gasteiger partial charge in [-0.15, -0.1) is 6.58 Å². The Morgan fingerprint density at radius 3 is 3.04 bits per heavy atom. The largest absolute Gasteiger partial charge is 0.400 e. The predicted octanol–water partition coefficient (Wildman–Crippen LogP) is -0.530. The molecule has 3 aliphatic heterocycles. The first-order valence-corrected chi connectivity index (χ1v) is 7.03. The number of allylic oxidation sites excluding steroid dienone is 1. The maximum absolute atomic E-state index is 10.4. The van der Waals surface area contributed by atoms with Gasteiger partial charge in [0.05, 0.1) is 18.9 Å². The molecule has 0 bridgehead atoms. The van der Waals surface area contributed by atoms with Crippen molar-refractivity contribution >= 4 is 12.6 Å². The number of azide groups is 1. The number of nitrogens with zero attached hydrogens (tertiary/aromatic N) is 6. The lowest BCUT2D eigenvalue weighted by atomic mass is 9.95. The van der Waals surface area contributed by atoms with Crippen LogP contribution in [0, 0.1) is 5.92 Å². The molecule has 2 unspecified atom stereocenters. The van der Waals surface area contributed by atoms with Crippen LogP contribution < -0.4 is 5.73 Å². The average Bonchev–Trinajstić information content (AvgIpc) is 3.09. The molecule has 0 aliphatic carbocycles. The summed E-state index contributed by atoms with van der Waals surface area (Å²) >= 11 is 0. The molecule has 6 atom stereocenters. The fourth-order valence-corrected chi connectivity index (χ4v) is 3.05. The maximum atomic E-state index is 10.4. The van der Waals surface area contributed by atoms with Crippen LogP contribution in [0.25, 0.3) is 10.4 Å². The Morgan fingerprint density at radius 1 is 1.61 bits per heavy atom. The standard InChI is InChI=1S/C13H17N7O3/c1-2-7-10(22)13(5-21,18-19-15)23-12(7)20-6-17-9-8(14)3-4-16-11(9)20/h2-4,6-7,9-12,21-22H,1,5,14H2/t7-,9?,10-,11?,12+,13+/m0/s1. The van der Waals surface area contributed by atoms with E-state index < -0.39 is 36.7 Å². The Balaban J connectivity index is 1.92. The zero-order chi connectivity index (χ0) is 16.6. The van der Waals surface area contributed by atoms with Gasteiger partial charge in [0.25, 0.3) is 0 Å². The van der Waals surface area contributed by atoms with E-state index in [1.807, 2.05) is 0 Å². The number of hydrogen-bond donors (Lipinski definition) is 3. The molecule has 0 amide bonds. The third-order valence-corrected chi connectivity index (χ3v) is 4.28. The molecule has 10 heteroatoms. The molecule has 0 saturated carbocycles. The van der Waals surface area contributed by atoms with Crippen LogP contribution in [0.15, 0.2) is 39.5 Å². The van der Waals surface area contributed by atoms with Crippen molar-refractivity contribution in [2.75, 3.05) is 6.61 Å². The van der Waals surface area contributed by atoms with E-state index in [1.165, 1.54) is 12.4 Å². The Hall–Kier alpha value is -2.39. The summed E-state index contributed by atoms with van der Waals surface area (Å²) in [6.07, 6.45) is 3.87. The van der Waals surface area contributed by atoms with Gasteiger partial charge in [0, 0.05) is 16.8 Å². The monoisotopic (exact) mass is 319 g/mol. The lowest BCUT2D eigenvalue weighted by Gasteiger charge is -2.33. The summed E-state index contributed by atoms with van der Waals surface area (Å²) in [5.41, 5.74) is 13.4. The quantitative estimate of drug-likeness (QED) is 0.275. The predicted molar refractivity (Wildman–Crippen MR) is 82.2 cm³/mol. The highest BCUT2D eigenvalue weighted by Gasteiger charge is 2.56. The van der Waals surface area contributed by atoms with Crippen molar-refractivity contribution in [3.63, 3.8) is 0 Å². The highest BCUT2D eigenvalue weighted by Crippen LogP contribution is 2.41.